The molecule has 0 aromatic heterocycles. The van der Waals surface area contributed by atoms with Gasteiger partial charge in [-0.05, 0) is 79.3 Å². The van der Waals surface area contributed by atoms with Crippen LogP contribution in [0.5, 0.6) is 11.5 Å². The first-order valence-electron chi connectivity index (χ1n) is 11.2. The molecule has 172 valence electrons. The molecule has 6 heteroatoms. The number of aryl methyl sites for hydroxylation is 2. The van der Waals surface area contributed by atoms with Crippen molar-refractivity contribution in [3.63, 3.8) is 0 Å². The number of rotatable bonds is 7. The number of methoxy groups -OCH3 is 1. The van der Waals surface area contributed by atoms with E-state index >= 15 is 0 Å². The van der Waals surface area contributed by atoms with Crippen molar-refractivity contribution < 1.29 is 19.0 Å². The van der Waals surface area contributed by atoms with E-state index in [0.29, 0.717) is 13.2 Å². The fourth-order valence-corrected chi connectivity index (χ4v) is 3.98. The van der Waals surface area contributed by atoms with Crippen LogP contribution in [0, 0.1) is 6.92 Å². The van der Waals surface area contributed by atoms with Crippen LogP contribution in [0.15, 0.2) is 66.7 Å². The number of fused-ring (bicyclic) bond motifs is 1. The van der Waals surface area contributed by atoms with E-state index in [1.165, 1.54) is 0 Å². The second-order valence-electron chi connectivity index (χ2n) is 8.13. The molecule has 4 rings (SSSR count). The van der Waals surface area contributed by atoms with Gasteiger partial charge in [-0.25, -0.2) is 4.79 Å². The highest BCUT2D eigenvalue weighted by atomic mass is 16.7. The van der Waals surface area contributed by atoms with Gasteiger partial charge in [0.25, 0.3) is 0 Å². The average molecular weight is 447 g/mol. The topological polar surface area (TPSA) is 60.0 Å². The quantitative estimate of drug-likeness (QED) is 0.457. The van der Waals surface area contributed by atoms with Gasteiger partial charge in [0.15, 0.2) is 6.79 Å². The predicted octanol–water partition coefficient (Wildman–Crippen LogP) is 5.93. The summed E-state index contributed by atoms with van der Waals surface area (Å²) in [5.41, 5.74) is 4.86. The summed E-state index contributed by atoms with van der Waals surface area (Å²) in [5.74, 6) is 1.56. The maximum Gasteiger partial charge on any atom is 0.326 e. The summed E-state index contributed by atoms with van der Waals surface area (Å²) in [6, 6.07) is 21.6. The zero-order valence-electron chi connectivity index (χ0n) is 19.2. The number of nitrogens with one attached hydrogen (secondary N) is 1. The predicted molar refractivity (Wildman–Crippen MR) is 130 cm³/mol. The van der Waals surface area contributed by atoms with Gasteiger partial charge in [0.1, 0.15) is 18.1 Å². The van der Waals surface area contributed by atoms with Gasteiger partial charge in [-0.1, -0.05) is 30.3 Å². The zero-order chi connectivity index (χ0) is 23.0. The van der Waals surface area contributed by atoms with Crippen LogP contribution < -0.4 is 19.7 Å². The molecule has 33 heavy (non-hydrogen) atoms. The third kappa shape index (κ3) is 5.84. The molecule has 0 fully saturated rings. The lowest BCUT2D eigenvalue weighted by Gasteiger charge is -2.24. The van der Waals surface area contributed by atoms with Gasteiger partial charge in [-0.15, -0.1) is 0 Å². The Bertz CT molecular complexity index is 1080. The molecule has 1 N–H and O–H groups in total. The third-order valence-corrected chi connectivity index (χ3v) is 5.67. The second-order valence-corrected chi connectivity index (χ2v) is 8.13. The van der Waals surface area contributed by atoms with Crippen LogP contribution in [0.3, 0.4) is 0 Å². The lowest BCUT2D eigenvalue weighted by molar-refractivity contribution is 0.0506. The minimum atomic E-state index is -0.138. The Morgan fingerprint density at radius 2 is 1.85 bits per heavy atom. The Morgan fingerprint density at radius 1 is 1.00 bits per heavy atom. The first-order valence-corrected chi connectivity index (χ1v) is 11.2. The number of nitrogens with zero attached hydrogens (tertiary/aromatic N) is 1. The third-order valence-electron chi connectivity index (χ3n) is 5.67. The molecule has 0 bridgehead atoms. The van der Waals surface area contributed by atoms with Crippen molar-refractivity contribution in [2.75, 3.05) is 30.7 Å². The van der Waals surface area contributed by atoms with Crippen LogP contribution in [0.2, 0.25) is 0 Å². The highest BCUT2D eigenvalue weighted by molar-refractivity contribution is 6.02. The molecular weight excluding hydrogens is 416 g/mol. The normalized spacial score (nSPS) is 13.1. The van der Waals surface area contributed by atoms with Gasteiger partial charge in [-0.3, -0.25) is 4.90 Å². The van der Waals surface area contributed by atoms with Crippen molar-refractivity contribution in [3.05, 3.63) is 83.4 Å². The van der Waals surface area contributed by atoms with Crippen LogP contribution >= 0.6 is 0 Å². The summed E-state index contributed by atoms with van der Waals surface area (Å²) in [4.78, 5) is 15.0. The Hall–Kier alpha value is -3.51. The highest BCUT2D eigenvalue weighted by Gasteiger charge is 2.22. The van der Waals surface area contributed by atoms with Crippen LogP contribution in [-0.4, -0.2) is 26.5 Å². The molecule has 2 amide bonds. The summed E-state index contributed by atoms with van der Waals surface area (Å²) in [6.45, 7) is 3.33. The molecule has 0 radical (unpaired) electrons. The average Bonchev–Trinajstić information content (AvgIpc) is 3.05. The largest absolute Gasteiger partial charge is 0.489 e. The number of ether oxygens (including phenoxy) is 3. The molecule has 0 aliphatic carbocycles. The maximum atomic E-state index is 13.2. The van der Waals surface area contributed by atoms with E-state index in [1.807, 2.05) is 72.5 Å². The Labute approximate surface area is 195 Å². The summed E-state index contributed by atoms with van der Waals surface area (Å²) in [6.07, 6.45) is 2.90. The molecule has 1 aliphatic heterocycles. The standard InChI is InChI=1S/C27H30N2O4/c1-20-16-23(11-14-26(20)33-19-31-2)28-27(30)29-15-7-6-10-22-17-24(12-13-25(22)29)32-18-21-8-4-3-5-9-21/h3-5,8-9,11-14,16-17H,6-7,10,15,18-19H2,1-2H3,(H,28,30). The number of benzene rings is 3. The van der Waals surface area contributed by atoms with Crippen LogP contribution in [0.25, 0.3) is 0 Å². The summed E-state index contributed by atoms with van der Waals surface area (Å²) >= 11 is 0. The van der Waals surface area contributed by atoms with Gasteiger partial charge in [0, 0.05) is 25.0 Å². The van der Waals surface area contributed by atoms with Crippen molar-refractivity contribution in [2.24, 2.45) is 0 Å². The number of carbonyl (C=O) groups is 1. The van der Waals surface area contributed by atoms with Crippen molar-refractivity contribution in [1.29, 1.82) is 0 Å². The Morgan fingerprint density at radius 3 is 2.64 bits per heavy atom. The lowest BCUT2D eigenvalue weighted by atomic mass is 10.1. The van der Waals surface area contributed by atoms with Gasteiger partial charge < -0.3 is 19.5 Å². The van der Waals surface area contributed by atoms with E-state index in [4.69, 9.17) is 14.2 Å². The van der Waals surface area contributed by atoms with Crippen LogP contribution in [-0.2, 0) is 17.8 Å². The van der Waals surface area contributed by atoms with Crippen molar-refractivity contribution in [1.82, 2.24) is 0 Å². The fourth-order valence-electron chi connectivity index (χ4n) is 3.98. The van der Waals surface area contributed by atoms with Gasteiger partial charge in [-0.2, -0.15) is 0 Å². The molecule has 3 aromatic carbocycles. The maximum absolute atomic E-state index is 13.2. The van der Waals surface area contributed by atoms with Crippen LogP contribution in [0.1, 0.15) is 29.5 Å². The number of hydrogen-bond acceptors (Lipinski definition) is 4. The number of hydrogen-bond donors (Lipinski definition) is 1. The van der Waals surface area contributed by atoms with Gasteiger partial charge in [0.2, 0.25) is 0 Å². The van der Waals surface area contributed by atoms with E-state index in [2.05, 4.69) is 11.4 Å². The van der Waals surface area contributed by atoms with Crippen molar-refractivity contribution in [3.8, 4) is 11.5 Å². The SMILES string of the molecule is COCOc1ccc(NC(=O)N2CCCCc3cc(OCc4ccccc4)ccc32)cc1C. The molecule has 6 nitrogen and oxygen atoms in total. The highest BCUT2D eigenvalue weighted by Crippen LogP contribution is 2.31. The van der Waals surface area contributed by atoms with Crippen molar-refractivity contribution >= 4 is 17.4 Å². The number of anilines is 2. The smallest absolute Gasteiger partial charge is 0.326 e. The van der Waals surface area contributed by atoms with Crippen molar-refractivity contribution in [2.45, 2.75) is 32.8 Å². The number of carbonyl (C=O) groups excluding carboxylic acids is 1. The summed E-state index contributed by atoms with van der Waals surface area (Å²) < 4.78 is 16.5. The second kappa shape index (κ2) is 10.9. The molecular formula is C27H30N2O4. The Kier molecular flexibility index (Phi) is 7.47. The molecule has 1 aliphatic rings. The lowest BCUT2D eigenvalue weighted by Crippen LogP contribution is -2.35. The van der Waals surface area contributed by atoms with E-state index in [9.17, 15) is 4.79 Å². The van der Waals surface area contributed by atoms with E-state index in [0.717, 1.165) is 58.8 Å². The molecule has 0 unspecified atom stereocenters. The fraction of sp³-hybridized carbons (Fsp3) is 0.296. The van der Waals surface area contributed by atoms with E-state index in [-0.39, 0.29) is 12.8 Å². The molecule has 3 aromatic rings. The Balaban J connectivity index is 1.46. The minimum Gasteiger partial charge on any atom is -0.489 e. The molecule has 0 saturated carbocycles. The van der Waals surface area contributed by atoms with Crippen LogP contribution in [0.4, 0.5) is 16.2 Å². The summed E-state index contributed by atoms with van der Waals surface area (Å²) in [5, 5.41) is 3.03. The van der Waals surface area contributed by atoms with Gasteiger partial charge in [0.05, 0.1) is 0 Å². The monoisotopic (exact) mass is 446 g/mol. The first kappa shape index (κ1) is 22.7. The molecule has 1 heterocycles. The number of urea groups is 1. The number of amides is 2. The molecule has 0 saturated heterocycles. The van der Waals surface area contributed by atoms with Gasteiger partial charge >= 0.3 is 6.03 Å². The first-order chi connectivity index (χ1) is 16.1. The minimum absolute atomic E-state index is 0.138. The van der Waals surface area contributed by atoms with E-state index in [1.54, 1.807) is 7.11 Å². The molecule has 0 atom stereocenters. The van der Waals surface area contributed by atoms with E-state index < -0.39 is 0 Å². The summed E-state index contributed by atoms with van der Waals surface area (Å²) in [7, 11) is 1.58. The molecule has 0 spiro atoms. The zero-order valence-corrected chi connectivity index (χ0v) is 19.2.